The van der Waals surface area contributed by atoms with Crippen molar-refractivity contribution in [2.24, 2.45) is 5.41 Å². The van der Waals surface area contributed by atoms with E-state index in [4.69, 9.17) is 0 Å². The van der Waals surface area contributed by atoms with Crippen LogP contribution in [0.3, 0.4) is 0 Å². The van der Waals surface area contributed by atoms with Crippen molar-refractivity contribution in [3.63, 3.8) is 0 Å². The van der Waals surface area contributed by atoms with Gasteiger partial charge in [-0.25, -0.2) is 0 Å². The molecule has 1 atom stereocenters. The number of benzene rings is 1. The first-order valence-corrected chi connectivity index (χ1v) is 6.95. The van der Waals surface area contributed by atoms with E-state index in [9.17, 15) is 0 Å². The number of hydrogen-bond donors (Lipinski definition) is 0. The van der Waals surface area contributed by atoms with E-state index in [1.54, 1.807) is 0 Å². The monoisotopic (exact) mass is 293 g/mol. The summed E-state index contributed by atoms with van der Waals surface area (Å²) in [5.74, 6) is 0. The van der Waals surface area contributed by atoms with Gasteiger partial charge in [0.15, 0.2) is 0 Å². The standard InChI is InChI=1S/C15H20BrN/c1-15(2)10-9-14(13(16)11-15)17(3)12-7-5-4-6-8-12/h4-8,11,14H,9-10H2,1-3H3. The van der Waals surface area contributed by atoms with Crippen molar-refractivity contribution >= 4 is 21.6 Å². The van der Waals surface area contributed by atoms with Crippen molar-refractivity contribution in [3.8, 4) is 0 Å². The van der Waals surface area contributed by atoms with Crippen LogP contribution in [0.15, 0.2) is 40.9 Å². The van der Waals surface area contributed by atoms with E-state index in [1.165, 1.54) is 23.0 Å². The molecule has 1 nitrogen and oxygen atoms in total. The molecular weight excluding hydrogens is 274 g/mol. The highest BCUT2D eigenvalue weighted by molar-refractivity contribution is 9.11. The first-order chi connectivity index (χ1) is 7.99. The van der Waals surface area contributed by atoms with Crippen LogP contribution in [0.1, 0.15) is 26.7 Å². The van der Waals surface area contributed by atoms with E-state index >= 15 is 0 Å². The molecule has 0 saturated carbocycles. The van der Waals surface area contributed by atoms with E-state index in [-0.39, 0.29) is 0 Å². The van der Waals surface area contributed by atoms with Gasteiger partial charge in [0, 0.05) is 17.2 Å². The number of likely N-dealkylation sites (N-methyl/N-ethyl adjacent to an activating group) is 1. The summed E-state index contributed by atoms with van der Waals surface area (Å²) in [6, 6.07) is 11.1. The largest absolute Gasteiger partial charge is 0.367 e. The fraction of sp³-hybridized carbons (Fsp3) is 0.467. The second kappa shape index (κ2) is 4.85. The Morgan fingerprint density at radius 2 is 1.88 bits per heavy atom. The minimum absolute atomic E-state index is 0.326. The van der Waals surface area contributed by atoms with Crippen molar-refractivity contribution < 1.29 is 0 Å². The predicted octanol–water partition coefficient (Wildman–Crippen LogP) is 4.59. The Labute approximate surface area is 113 Å². The molecule has 0 aliphatic heterocycles. The molecule has 0 N–H and O–H groups in total. The van der Waals surface area contributed by atoms with Gasteiger partial charge >= 0.3 is 0 Å². The molecule has 0 bridgehead atoms. The fourth-order valence-electron chi connectivity index (χ4n) is 2.41. The van der Waals surface area contributed by atoms with Crippen LogP contribution >= 0.6 is 15.9 Å². The number of anilines is 1. The van der Waals surface area contributed by atoms with E-state index in [1.807, 2.05) is 0 Å². The van der Waals surface area contributed by atoms with E-state index in [2.05, 4.69) is 78.1 Å². The molecule has 0 amide bonds. The van der Waals surface area contributed by atoms with Crippen LogP contribution < -0.4 is 4.90 Å². The van der Waals surface area contributed by atoms with Gasteiger partial charge in [-0.1, -0.05) is 54.1 Å². The van der Waals surface area contributed by atoms with Crippen LogP contribution in [0.2, 0.25) is 0 Å². The van der Waals surface area contributed by atoms with Crippen molar-refractivity contribution in [2.45, 2.75) is 32.7 Å². The summed E-state index contributed by atoms with van der Waals surface area (Å²) in [7, 11) is 2.17. The van der Waals surface area contributed by atoms with Gasteiger partial charge in [0.2, 0.25) is 0 Å². The Hall–Kier alpha value is -0.760. The molecular formula is C15H20BrN. The van der Waals surface area contributed by atoms with Crippen molar-refractivity contribution in [3.05, 3.63) is 40.9 Å². The Balaban J connectivity index is 2.20. The summed E-state index contributed by atoms with van der Waals surface area (Å²) in [6.07, 6.45) is 4.81. The molecule has 2 heteroatoms. The number of nitrogens with zero attached hydrogens (tertiary/aromatic N) is 1. The normalized spacial score (nSPS) is 23.1. The summed E-state index contributed by atoms with van der Waals surface area (Å²) in [4.78, 5) is 2.36. The number of para-hydroxylation sites is 1. The zero-order valence-electron chi connectivity index (χ0n) is 10.8. The van der Waals surface area contributed by atoms with Gasteiger partial charge in [-0.3, -0.25) is 0 Å². The molecule has 0 fully saturated rings. The maximum absolute atomic E-state index is 3.75. The van der Waals surface area contributed by atoms with Gasteiger partial charge in [0.05, 0.1) is 6.04 Å². The predicted molar refractivity (Wildman–Crippen MR) is 78.7 cm³/mol. The third kappa shape index (κ3) is 2.92. The highest BCUT2D eigenvalue weighted by Gasteiger charge is 2.28. The lowest BCUT2D eigenvalue weighted by molar-refractivity contribution is 0.383. The topological polar surface area (TPSA) is 3.24 Å². The van der Waals surface area contributed by atoms with Crippen LogP contribution in [0, 0.1) is 5.41 Å². The molecule has 1 aromatic rings. The molecule has 0 radical (unpaired) electrons. The molecule has 1 aromatic carbocycles. The highest BCUT2D eigenvalue weighted by Crippen LogP contribution is 2.38. The maximum atomic E-state index is 3.75. The average molecular weight is 294 g/mol. The van der Waals surface area contributed by atoms with Crippen LogP contribution in [0.25, 0.3) is 0 Å². The molecule has 92 valence electrons. The molecule has 0 saturated heterocycles. The minimum Gasteiger partial charge on any atom is -0.367 e. The van der Waals surface area contributed by atoms with Crippen molar-refractivity contribution in [2.75, 3.05) is 11.9 Å². The zero-order chi connectivity index (χ0) is 12.5. The molecule has 0 heterocycles. The van der Waals surface area contributed by atoms with Gasteiger partial charge in [0.25, 0.3) is 0 Å². The van der Waals surface area contributed by atoms with Crippen LogP contribution in [0.4, 0.5) is 5.69 Å². The summed E-state index contributed by atoms with van der Waals surface area (Å²) in [5, 5.41) is 0. The number of rotatable bonds is 2. The lowest BCUT2D eigenvalue weighted by atomic mass is 9.81. The third-order valence-electron chi connectivity index (χ3n) is 3.54. The molecule has 1 unspecified atom stereocenters. The lowest BCUT2D eigenvalue weighted by Gasteiger charge is -2.37. The van der Waals surface area contributed by atoms with Gasteiger partial charge in [-0.15, -0.1) is 0 Å². The Bertz CT molecular complexity index is 408. The molecule has 1 aliphatic rings. The SMILES string of the molecule is CN(c1ccccc1)C1CCC(C)(C)C=C1Br. The van der Waals surface area contributed by atoms with E-state index in [0.717, 1.165) is 0 Å². The molecule has 2 rings (SSSR count). The van der Waals surface area contributed by atoms with Crippen LogP contribution in [-0.2, 0) is 0 Å². The zero-order valence-corrected chi connectivity index (χ0v) is 12.4. The van der Waals surface area contributed by atoms with E-state index < -0.39 is 0 Å². The van der Waals surface area contributed by atoms with Gasteiger partial charge in [0.1, 0.15) is 0 Å². The number of halogens is 1. The maximum Gasteiger partial charge on any atom is 0.0601 e. The number of allylic oxidation sites excluding steroid dienone is 1. The summed E-state index contributed by atoms with van der Waals surface area (Å²) in [6.45, 7) is 4.60. The molecule has 17 heavy (non-hydrogen) atoms. The van der Waals surface area contributed by atoms with E-state index in [0.29, 0.717) is 11.5 Å². The van der Waals surface area contributed by atoms with Gasteiger partial charge in [-0.05, 0) is 30.4 Å². The molecule has 0 aromatic heterocycles. The summed E-state index contributed by atoms with van der Waals surface area (Å²) < 4.78 is 1.32. The third-order valence-corrected chi connectivity index (χ3v) is 4.30. The Morgan fingerprint density at radius 1 is 1.24 bits per heavy atom. The molecule has 1 aliphatic carbocycles. The quantitative estimate of drug-likeness (QED) is 0.771. The highest BCUT2D eigenvalue weighted by atomic mass is 79.9. The first kappa shape index (κ1) is 12.7. The van der Waals surface area contributed by atoms with Gasteiger partial charge in [-0.2, -0.15) is 0 Å². The van der Waals surface area contributed by atoms with Crippen molar-refractivity contribution in [1.82, 2.24) is 0 Å². The second-order valence-electron chi connectivity index (χ2n) is 5.52. The second-order valence-corrected chi connectivity index (χ2v) is 6.43. The first-order valence-electron chi connectivity index (χ1n) is 6.16. The van der Waals surface area contributed by atoms with Gasteiger partial charge < -0.3 is 4.90 Å². The Kier molecular flexibility index (Phi) is 3.62. The fourth-order valence-corrected chi connectivity index (χ4v) is 3.57. The minimum atomic E-state index is 0.326. The average Bonchev–Trinajstić information content (AvgIpc) is 2.28. The van der Waals surface area contributed by atoms with Crippen molar-refractivity contribution in [1.29, 1.82) is 0 Å². The Morgan fingerprint density at radius 3 is 2.47 bits per heavy atom. The smallest absolute Gasteiger partial charge is 0.0601 e. The van der Waals surface area contributed by atoms with Crippen LogP contribution in [0.5, 0.6) is 0 Å². The lowest BCUT2D eigenvalue weighted by Crippen LogP contribution is -2.36. The number of hydrogen-bond acceptors (Lipinski definition) is 1. The summed E-state index contributed by atoms with van der Waals surface area (Å²) >= 11 is 3.75. The molecule has 0 spiro atoms. The summed E-state index contributed by atoms with van der Waals surface area (Å²) in [5.41, 5.74) is 1.61. The van der Waals surface area contributed by atoms with Crippen LogP contribution in [-0.4, -0.2) is 13.1 Å².